The van der Waals surface area contributed by atoms with Crippen LogP contribution in [0.3, 0.4) is 0 Å². The normalized spacial score (nSPS) is 24.7. The summed E-state index contributed by atoms with van der Waals surface area (Å²) in [6.45, 7) is -1.02. The van der Waals surface area contributed by atoms with Crippen molar-refractivity contribution in [2.75, 3.05) is 33.7 Å². The first-order valence-corrected chi connectivity index (χ1v) is 5.33. The zero-order chi connectivity index (χ0) is 14.1. The second kappa shape index (κ2) is 4.75. The third kappa shape index (κ3) is 2.58. The maximum atomic E-state index is 12.8. The predicted molar refractivity (Wildman–Crippen MR) is 55.9 cm³/mol. The monoisotopic (exact) mass is 268 g/mol. The van der Waals surface area contributed by atoms with Gasteiger partial charge in [-0.15, -0.1) is 0 Å². The molecule has 0 bridgehead atoms. The van der Waals surface area contributed by atoms with E-state index >= 15 is 0 Å². The average Bonchev–Trinajstić information content (AvgIpc) is 2.60. The molecule has 1 rings (SSSR count). The minimum atomic E-state index is -4.86. The molecule has 5 nitrogen and oxygen atoms in total. The van der Waals surface area contributed by atoms with Crippen molar-refractivity contribution in [2.24, 2.45) is 5.41 Å². The highest BCUT2D eigenvalue weighted by molar-refractivity contribution is 5.82. The maximum absolute atomic E-state index is 12.8. The molecule has 18 heavy (non-hydrogen) atoms. The van der Waals surface area contributed by atoms with Crippen molar-refractivity contribution in [3.63, 3.8) is 0 Å². The van der Waals surface area contributed by atoms with Crippen molar-refractivity contribution in [3.05, 3.63) is 0 Å². The summed E-state index contributed by atoms with van der Waals surface area (Å²) in [4.78, 5) is 25.0. The Balaban J connectivity index is 2.85. The van der Waals surface area contributed by atoms with Gasteiger partial charge in [0.1, 0.15) is 0 Å². The molecule has 0 spiro atoms. The van der Waals surface area contributed by atoms with E-state index in [9.17, 15) is 22.8 Å². The van der Waals surface area contributed by atoms with Crippen LogP contribution < -0.4 is 0 Å². The number of alkyl halides is 3. The lowest BCUT2D eigenvalue weighted by molar-refractivity contribution is -0.227. The molecule has 0 aromatic carbocycles. The number of hydrogen-bond acceptors (Lipinski definition) is 3. The highest BCUT2D eigenvalue weighted by Gasteiger charge is 2.64. The largest absolute Gasteiger partial charge is 0.481 e. The van der Waals surface area contributed by atoms with Crippen LogP contribution in [-0.2, 0) is 9.59 Å². The first-order chi connectivity index (χ1) is 8.10. The molecule has 8 heteroatoms. The first kappa shape index (κ1) is 14.7. The van der Waals surface area contributed by atoms with Crippen molar-refractivity contribution in [2.45, 2.75) is 12.6 Å². The quantitative estimate of drug-likeness (QED) is 0.805. The highest BCUT2D eigenvalue weighted by atomic mass is 19.4. The van der Waals surface area contributed by atoms with Gasteiger partial charge in [-0.05, 0) is 20.5 Å². The van der Waals surface area contributed by atoms with Crippen molar-refractivity contribution in [1.82, 2.24) is 9.80 Å². The lowest BCUT2D eigenvalue weighted by Crippen LogP contribution is -2.48. The van der Waals surface area contributed by atoms with E-state index in [1.54, 1.807) is 14.1 Å². The van der Waals surface area contributed by atoms with Gasteiger partial charge in [-0.3, -0.25) is 9.59 Å². The fourth-order valence-corrected chi connectivity index (χ4v) is 1.92. The van der Waals surface area contributed by atoms with Crippen LogP contribution in [0.1, 0.15) is 6.42 Å². The number of aliphatic carboxylic acids is 1. The van der Waals surface area contributed by atoms with E-state index in [4.69, 9.17) is 5.11 Å². The molecule has 1 heterocycles. The third-order valence-electron chi connectivity index (χ3n) is 3.03. The lowest BCUT2D eigenvalue weighted by atomic mass is 9.86. The van der Waals surface area contributed by atoms with Crippen LogP contribution in [0.15, 0.2) is 0 Å². The number of carboxylic acid groups (broad SMARTS) is 1. The minimum Gasteiger partial charge on any atom is -0.481 e. The summed E-state index contributed by atoms with van der Waals surface area (Å²) in [7, 11) is 3.23. The zero-order valence-corrected chi connectivity index (χ0v) is 10.1. The zero-order valence-electron chi connectivity index (χ0n) is 10.1. The number of carboxylic acids is 1. The van der Waals surface area contributed by atoms with Crippen LogP contribution in [-0.4, -0.2) is 66.7 Å². The maximum Gasteiger partial charge on any atom is 0.406 e. The first-order valence-electron chi connectivity index (χ1n) is 5.33. The van der Waals surface area contributed by atoms with Crippen LogP contribution in [0.4, 0.5) is 13.2 Å². The van der Waals surface area contributed by atoms with Crippen molar-refractivity contribution in [1.29, 1.82) is 0 Å². The van der Waals surface area contributed by atoms with Gasteiger partial charge in [0.05, 0.1) is 6.54 Å². The van der Waals surface area contributed by atoms with Crippen LogP contribution in [0, 0.1) is 5.41 Å². The second-order valence-corrected chi connectivity index (χ2v) is 4.69. The lowest BCUT2D eigenvalue weighted by Gasteiger charge is -2.27. The Morgan fingerprint density at radius 1 is 1.39 bits per heavy atom. The molecular weight excluding hydrogens is 253 g/mol. The van der Waals surface area contributed by atoms with Crippen molar-refractivity contribution < 1.29 is 27.9 Å². The standard InChI is InChI=1S/C10H15F3N2O3/c1-14(2)5-7(16)15-4-3-9(6-15,8(17)18)10(11,12)13/h3-6H2,1-2H3,(H,17,18). The number of carbonyl (C=O) groups excluding carboxylic acids is 1. The molecule has 0 saturated carbocycles. The molecule has 0 aliphatic carbocycles. The van der Waals surface area contributed by atoms with Gasteiger partial charge in [0.15, 0.2) is 5.41 Å². The number of carbonyl (C=O) groups is 2. The minimum absolute atomic E-state index is 0.0342. The Bertz CT molecular complexity index is 357. The summed E-state index contributed by atoms with van der Waals surface area (Å²) in [5.41, 5.74) is -2.82. The fourth-order valence-electron chi connectivity index (χ4n) is 1.92. The molecular formula is C10H15F3N2O3. The highest BCUT2D eigenvalue weighted by Crippen LogP contribution is 2.45. The molecule has 0 aromatic heterocycles. The number of likely N-dealkylation sites (N-methyl/N-ethyl adjacent to an activating group) is 1. The molecule has 104 valence electrons. The third-order valence-corrected chi connectivity index (χ3v) is 3.03. The molecule has 1 N–H and O–H groups in total. The Labute approximate surface area is 102 Å². The van der Waals surface area contributed by atoms with Gasteiger partial charge in [-0.25, -0.2) is 0 Å². The molecule has 1 atom stereocenters. The van der Waals surface area contributed by atoms with Gasteiger partial charge < -0.3 is 14.9 Å². The second-order valence-electron chi connectivity index (χ2n) is 4.69. The number of nitrogens with zero attached hydrogens (tertiary/aromatic N) is 2. The van der Waals surface area contributed by atoms with E-state index < -0.39 is 36.4 Å². The number of halogens is 3. The fraction of sp³-hybridized carbons (Fsp3) is 0.800. The van der Waals surface area contributed by atoms with Gasteiger partial charge in [0.25, 0.3) is 0 Å². The Morgan fingerprint density at radius 3 is 2.28 bits per heavy atom. The summed E-state index contributed by atoms with van der Waals surface area (Å²) in [6.07, 6.45) is -5.45. The molecule has 1 amide bonds. The van der Waals surface area contributed by atoms with Gasteiger partial charge in [-0.2, -0.15) is 13.2 Å². The van der Waals surface area contributed by atoms with Gasteiger partial charge >= 0.3 is 12.1 Å². The smallest absolute Gasteiger partial charge is 0.406 e. The van der Waals surface area contributed by atoms with E-state index in [0.29, 0.717) is 0 Å². The Hall–Kier alpha value is -1.31. The van der Waals surface area contributed by atoms with Gasteiger partial charge in [0, 0.05) is 13.1 Å². The summed E-state index contributed by atoms with van der Waals surface area (Å²) in [5.74, 6) is -2.41. The van der Waals surface area contributed by atoms with Crippen LogP contribution >= 0.6 is 0 Å². The molecule has 1 saturated heterocycles. The van der Waals surface area contributed by atoms with E-state index in [2.05, 4.69) is 0 Å². The number of amides is 1. The summed E-state index contributed by atoms with van der Waals surface area (Å²) in [6, 6.07) is 0. The summed E-state index contributed by atoms with van der Waals surface area (Å²) < 4.78 is 38.5. The van der Waals surface area contributed by atoms with Gasteiger partial charge in [0.2, 0.25) is 5.91 Å². The molecule has 0 aromatic rings. The number of rotatable bonds is 3. The SMILES string of the molecule is CN(C)CC(=O)N1CCC(C(=O)O)(C(F)(F)F)C1. The Morgan fingerprint density at radius 2 is 1.94 bits per heavy atom. The summed E-state index contributed by atoms with van der Waals surface area (Å²) >= 11 is 0. The van der Waals surface area contributed by atoms with E-state index in [1.807, 2.05) is 0 Å². The van der Waals surface area contributed by atoms with Crippen LogP contribution in [0.25, 0.3) is 0 Å². The predicted octanol–water partition coefficient (Wildman–Crippen LogP) is 0.414. The topological polar surface area (TPSA) is 60.9 Å². The average molecular weight is 268 g/mol. The van der Waals surface area contributed by atoms with Crippen molar-refractivity contribution >= 4 is 11.9 Å². The van der Waals surface area contributed by atoms with E-state index in [0.717, 1.165) is 4.90 Å². The number of hydrogen-bond donors (Lipinski definition) is 1. The van der Waals surface area contributed by atoms with E-state index in [1.165, 1.54) is 4.90 Å². The van der Waals surface area contributed by atoms with Crippen molar-refractivity contribution in [3.8, 4) is 0 Å². The van der Waals surface area contributed by atoms with Crippen LogP contribution in [0.5, 0.6) is 0 Å². The molecule has 1 aliphatic rings. The molecule has 1 fully saturated rings. The van der Waals surface area contributed by atoms with E-state index in [-0.39, 0.29) is 13.1 Å². The Kier molecular flexibility index (Phi) is 3.89. The summed E-state index contributed by atoms with van der Waals surface area (Å²) in [5, 5.41) is 8.81. The molecule has 0 radical (unpaired) electrons. The molecule has 1 aliphatic heterocycles. The number of likely N-dealkylation sites (tertiary alicyclic amines) is 1. The molecule has 1 unspecified atom stereocenters. The van der Waals surface area contributed by atoms with Gasteiger partial charge in [-0.1, -0.05) is 0 Å². The van der Waals surface area contributed by atoms with Crippen LogP contribution in [0.2, 0.25) is 0 Å².